The zero-order chi connectivity index (χ0) is 24.3. The molecule has 0 unspecified atom stereocenters. The van der Waals surface area contributed by atoms with Crippen molar-refractivity contribution in [3.63, 3.8) is 0 Å². The summed E-state index contributed by atoms with van der Waals surface area (Å²) in [4.78, 5) is 26.5. The van der Waals surface area contributed by atoms with Gasteiger partial charge in [0.05, 0.1) is 15.6 Å². The van der Waals surface area contributed by atoms with Gasteiger partial charge < -0.3 is 10.2 Å². The molecule has 0 aliphatic carbocycles. The first-order valence-corrected chi connectivity index (χ1v) is 12.7. The maximum Gasteiger partial charge on any atom is 0.264 e. The van der Waals surface area contributed by atoms with E-state index in [2.05, 4.69) is 5.32 Å². The van der Waals surface area contributed by atoms with Crippen molar-refractivity contribution in [3.8, 4) is 0 Å². The highest BCUT2D eigenvalue weighted by molar-refractivity contribution is 7.92. The number of hydrogen-bond donors (Lipinski definition) is 1. The fraction of sp³-hybridized carbons (Fsp3) is 0.167. The van der Waals surface area contributed by atoms with Gasteiger partial charge in [0, 0.05) is 29.4 Å². The Morgan fingerprint density at radius 1 is 1.00 bits per heavy atom. The van der Waals surface area contributed by atoms with Crippen LogP contribution in [0.3, 0.4) is 0 Å². The van der Waals surface area contributed by atoms with Crippen LogP contribution < -0.4 is 14.5 Å². The summed E-state index contributed by atoms with van der Waals surface area (Å²) in [5.74, 6) is -0.492. The Bertz CT molecular complexity index is 1320. The number of sulfonamides is 1. The maximum atomic E-state index is 13.4. The molecule has 34 heavy (non-hydrogen) atoms. The van der Waals surface area contributed by atoms with Crippen molar-refractivity contribution >= 4 is 62.1 Å². The van der Waals surface area contributed by atoms with E-state index < -0.39 is 22.5 Å². The third kappa shape index (κ3) is 5.19. The first-order chi connectivity index (χ1) is 16.3. The first kappa shape index (κ1) is 24.1. The van der Waals surface area contributed by atoms with Crippen LogP contribution in [0.1, 0.15) is 12.8 Å². The maximum absolute atomic E-state index is 13.4. The number of nitrogens with zero attached hydrogens (tertiary/aromatic N) is 2. The number of hydrogen-bond acceptors (Lipinski definition) is 4. The number of rotatable bonds is 7. The highest BCUT2D eigenvalue weighted by Crippen LogP contribution is 2.32. The van der Waals surface area contributed by atoms with Crippen LogP contribution in [-0.2, 0) is 19.6 Å². The van der Waals surface area contributed by atoms with Crippen molar-refractivity contribution in [2.75, 3.05) is 27.6 Å². The minimum Gasteiger partial charge on any atom is -0.325 e. The van der Waals surface area contributed by atoms with Crippen molar-refractivity contribution in [1.82, 2.24) is 0 Å². The molecule has 1 aliphatic heterocycles. The minimum absolute atomic E-state index is 0.0217. The third-order valence-corrected chi connectivity index (χ3v) is 7.64. The van der Waals surface area contributed by atoms with Crippen molar-refractivity contribution in [2.24, 2.45) is 0 Å². The van der Waals surface area contributed by atoms with Gasteiger partial charge in [-0.2, -0.15) is 0 Å². The fourth-order valence-corrected chi connectivity index (χ4v) is 5.70. The van der Waals surface area contributed by atoms with Crippen molar-refractivity contribution in [3.05, 3.63) is 82.8 Å². The van der Waals surface area contributed by atoms with Crippen LogP contribution >= 0.6 is 23.2 Å². The fourth-order valence-electron chi connectivity index (χ4n) is 3.68. The first-order valence-electron chi connectivity index (χ1n) is 10.5. The molecule has 1 N–H and O–H groups in total. The lowest BCUT2D eigenvalue weighted by Gasteiger charge is -2.25. The average Bonchev–Trinajstić information content (AvgIpc) is 3.25. The van der Waals surface area contributed by atoms with Gasteiger partial charge in [0.1, 0.15) is 6.54 Å². The SMILES string of the molecule is O=C(CN(c1ccc(Cl)cc1Cl)S(=O)(=O)c1ccccc1)Nc1ccc(N2CCCC2=O)cc1. The molecule has 1 saturated heterocycles. The third-order valence-electron chi connectivity index (χ3n) is 5.33. The molecule has 3 aromatic rings. The normalized spacial score (nSPS) is 13.7. The molecule has 2 amide bonds. The molecule has 0 spiro atoms. The standard InChI is InChI=1S/C24H21Cl2N3O4S/c25-17-8-13-22(21(26)15-17)29(34(32,33)20-5-2-1-3-6-20)16-23(30)27-18-9-11-19(12-10-18)28-14-4-7-24(28)31/h1-3,5-6,8-13,15H,4,7,14,16H2,(H,27,30). The molecule has 1 fully saturated rings. The van der Waals surface area contributed by atoms with Gasteiger partial charge in [-0.15, -0.1) is 0 Å². The zero-order valence-corrected chi connectivity index (χ0v) is 20.3. The van der Waals surface area contributed by atoms with E-state index in [-0.39, 0.29) is 21.5 Å². The molecule has 10 heteroatoms. The van der Waals surface area contributed by atoms with Crippen LogP contribution in [0.25, 0.3) is 0 Å². The Balaban J connectivity index is 1.57. The van der Waals surface area contributed by atoms with Crippen molar-refractivity contribution in [2.45, 2.75) is 17.7 Å². The van der Waals surface area contributed by atoms with E-state index in [1.54, 1.807) is 47.4 Å². The number of carbonyl (C=O) groups is 2. The lowest BCUT2D eigenvalue weighted by molar-refractivity contribution is -0.117. The summed E-state index contributed by atoms with van der Waals surface area (Å²) in [6.07, 6.45) is 1.34. The van der Waals surface area contributed by atoms with Crippen LogP contribution in [0.15, 0.2) is 77.7 Å². The second-order valence-electron chi connectivity index (χ2n) is 7.66. The summed E-state index contributed by atoms with van der Waals surface area (Å²) in [6, 6.07) is 19.0. The lowest BCUT2D eigenvalue weighted by Crippen LogP contribution is -2.38. The van der Waals surface area contributed by atoms with Crippen LogP contribution in [0.5, 0.6) is 0 Å². The highest BCUT2D eigenvalue weighted by atomic mass is 35.5. The largest absolute Gasteiger partial charge is 0.325 e. The molecule has 4 rings (SSSR count). The number of amides is 2. The number of benzene rings is 3. The molecular formula is C24H21Cl2N3O4S. The summed E-state index contributed by atoms with van der Waals surface area (Å²) >= 11 is 12.3. The molecule has 0 radical (unpaired) electrons. The Hall–Kier alpha value is -3.07. The monoisotopic (exact) mass is 517 g/mol. The lowest BCUT2D eigenvalue weighted by atomic mass is 10.2. The van der Waals surface area contributed by atoms with Crippen LogP contribution in [0.4, 0.5) is 17.1 Å². The number of carbonyl (C=O) groups excluding carboxylic acids is 2. The van der Waals surface area contributed by atoms with Gasteiger partial charge in [-0.25, -0.2) is 8.42 Å². The van der Waals surface area contributed by atoms with E-state index in [1.165, 1.54) is 30.3 Å². The predicted molar refractivity (Wildman–Crippen MR) is 134 cm³/mol. The Morgan fingerprint density at radius 3 is 2.32 bits per heavy atom. The minimum atomic E-state index is -4.10. The summed E-state index contributed by atoms with van der Waals surface area (Å²) in [5.41, 5.74) is 1.36. The molecule has 1 aliphatic rings. The highest BCUT2D eigenvalue weighted by Gasteiger charge is 2.29. The molecular weight excluding hydrogens is 497 g/mol. The van der Waals surface area contributed by atoms with Gasteiger partial charge in [-0.3, -0.25) is 13.9 Å². The summed E-state index contributed by atoms with van der Waals surface area (Å²) in [5, 5.41) is 3.14. The van der Waals surface area contributed by atoms with Gasteiger partial charge in [0.2, 0.25) is 11.8 Å². The van der Waals surface area contributed by atoms with Gasteiger partial charge in [0.25, 0.3) is 10.0 Å². The average molecular weight is 518 g/mol. The van der Waals surface area contributed by atoms with E-state index in [0.29, 0.717) is 23.7 Å². The molecule has 0 aromatic heterocycles. The molecule has 0 saturated carbocycles. The van der Waals surface area contributed by atoms with Crippen LogP contribution in [0.2, 0.25) is 10.0 Å². The molecule has 0 bridgehead atoms. The second-order valence-corrected chi connectivity index (χ2v) is 10.4. The summed E-state index contributed by atoms with van der Waals surface area (Å²) in [6.45, 7) is 0.156. The Morgan fingerprint density at radius 2 is 1.71 bits per heavy atom. The quantitative estimate of drug-likeness (QED) is 0.480. The van der Waals surface area contributed by atoms with Gasteiger partial charge in [-0.1, -0.05) is 41.4 Å². The Labute approximate surface area is 207 Å². The number of nitrogens with one attached hydrogen (secondary N) is 1. The van der Waals surface area contributed by atoms with Gasteiger partial charge in [-0.05, 0) is 61.0 Å². The number of anilines is 3. The van der Waals surface area contributed by atoms with E-state index in [9.17, 15) is 18.0 Å². The smallest absolute Gasteiger partial charge is 0.264 e. The zero-order valence-electron chi connectivity index (χ0n) is 17.9. The summed E-state index contributed by atoms with van der Waals surface area (Å²) < 4.78 is 27.7. The molecule has 7 nitrogen and oxygen atoms in total. The van der Waals surface area contributed by atoms with E-state index >= 15 is 0 Å². The molecule has 0 atom stereocenters. The van der Waals surface area contributed by atoms with E-state index in [4.69, 9.17) is 23.2 Å². The van der Waals surface area contributed by atoms with Crippen molar-refractivity contribution < 1.29 is 18.0 Å². The predicted octanol–water partition coefficient (Wildman–Crippen LogP) is 4.95. The van der Waals surface area contributed by atoms with E-state index in [1.807, 2.05) is 0 Å². The van der Waals surface area contributed by atoms with Gasteiger partial charge >= 0.3 is 0 Å². The number of halogens is 2. The van der Waals surface area contributed by atoms with E-state index in [0.717, 1.165) is 16.4 Å². The van der Waals surface area contributed by atoms with Gasteiger partial charge in [0.15, 0.2) is 0 Å². The summed E-state index contributed by atoms with van der Waals surface area (Å²) in [7, 11) is -4.10. The molecule has 1 heterocycles. The molecule has 176 valence electrons. The topological polar surface area (TPSA) is 86.8 Å². The second kappa shape index (κ2) is 10.0. The Kier molecular flexibility index (Phi) is 7.11. The van der Waals surface area contributed by atoms with Crippen LogP contribution in [-0.4, -0.2) is 33.3 Å². The van der Waals surface area contributed by atoms with Crippen molar-refractivity contribution in [1.29, 1.82) is 0 Å². The van der Waals surface area contributed by atoms with Crippen LogP contribution in [0, 0.1) is 0 Å². The molecule has 3 aromatic carbocycles.